The maximum atomic E-state index is 13.0. The molecule has 1 amide bonds. The number of amides is 1. The maximum absolute atomic E-state index is 13.0. The lowest BCUT2D eigenvalue weighted by atomic mass is 10.0. The number of nitrogens with one attached hydrogen (secondary N) is 1. The number of rotatable bonds is 10. The van der Waals surface area contributed by atoms with Gasteiger partial charge in [-0.15, -0.1) is 10.2 Å². The van der Waals surface area contributed by atoms with Crippen LogP contribution < -0.4 is 5.32 Å². The molecular weight excluding hydrogens is 454 g/mol. The van der Waals surface area contributed by atoms with Crippen LogP contribution in [0.2, 0.25) is 0 Å². The van der Waals surface area contributed by atoms with E-state index in [0.29, 0.717) is 17.9 Å². The third-order valence-electron chi connectivity index (χ3n) is 5.90. The van der Waals surface area contributed by atoms with Crippen LogP contribution in [0, 0.1) is 13.8 Å². The fourth-order valence-electron chi connectivity index (χ4n) is 4.18. The van der Waals surface area contributed by atoms with Crippen LogP contribution >= 0.6 is 0 Å². The highest BCUT2D eigenvalue weighted by Gasteiger charge is 2.23. The number of nitrogens with zero attached hydrogens (tertiary/aromatic N) is 2. The molecule has 36 heavy (non-hydrogen) atoms. The van der Waals surface area contributed by atoms with Crippen LogP contribution in [0.3, 0.4) is 0 Å². The first-order valence-corrected chi connectivity index (χ1v) is 11.9. The second kappa shape index (κ2) is 11.4. The van der Waals surface area contributed by atoms with E-state index in [-0.39, 0.29) is 24.6 Å². The molecule has 2 N–H and O–H groups in total. The van der Waals surface area contributed by atoms with Gasteiger partial charge in [0, 0.05) is 18.4 Å². The first-order valence-electron chi connectivity index (χ1n) is 11.9. The number of aryl methyl sites for hydroxylation is 4. The molecule has 0 unspecified atom stereocenters. The Morgan fingerprint density at radius 2 is 1.56 bits per heavy atom. The Balaban J connectivity index is 1.44. The van der Waals surface area contributed by atoms with Gasteiger partial charge in [0.1, 0.15) is 6.04 Å². The Kier molecular flexibility index (Phi) is 7.90. The highest BCUT2D eigenvalue weighted by molar-refractivity contribution is 5.94. The standard InChI is InChI=1S/C29H29N3O4/c1-19-16-20(2)18-21(17-19)8-14-26-31-32-29(36-26)25(13-15-27(33)34)30-28(35)24-11-9-23(10-12-24)22-6-4-3-5-7-22/h3-7,9-12,16-18,25H,8,13-15H2,1-2H3,(H,30,35)(H,33,34)/t25-/m0/s1. The molecule has 0 aliphatic rings. The van der Waals surface area contributed by atoms with Crippen LogP contribution in [-0.4, -0.2) is 27.2 Å². The van der Waals surface area contributed by atoms with Gasteiger partial charge in [0.2, 0.25) is 11.8 Å². The molecule has 1 atom stereocenters. The SMILES string of the molecule is Cc1cc(C)cc(CCc2nnc([C@H](CCC(=O)O)NC(=O)c3ccc(-c4ccccc4)cc3)o2)c1. The summed E-state index contributed by atoms with van der Waals surface area (Å²) in [6.07, 6.45) is 1.29. The molecule has 1 aromatic heterocycles. The predicted molar refractivity (Wildman–Crippen MR) is 137 cm³/mol. The summed E-state index contributed by atoms with van der Waals surface area (Å²) in [5.41, 5.74) is 6.10. The molecule has 0 saturated carbocycles. The minimum atomic E-state index is -0.962. The molecule has 7 nitrogen and oxygen atoms in total. The Morgan fingerprint density at radius 1 is 0.889 bits per heavy atom. The first kappa shape index (κ1) is 24.9. The summed E-state index contributed by atoms with van der Waals surface area (Å²) < 4.78 is 5.84. The van der Waals surface area contributed by atoms with Crippen molar-refractivity contribution in [3.05, 3.63) is 107 Å². The van der Waals surface area contributed by atoms with Crippen molar-refractivity contribution in [3.8, 4) is 11.1 Å². The molecule has 3 aromatic carbocycles. The molecule has 0 bridgehead atoms. The quantitative estimate of drug-likeness (QED) is 0.310. The third kappa shape index (κ3) is 6.66. The Hall–Kier alpha value is -4.26. The van der Waals surface area contributed by atoms with E-state index in [9.17, 15) is 14.7 Å². The highest BCUT2D eigenvalue weighted by atomic mass is 16.4. The van der Waals surface area contributed by atoms with Gasteiger partial charge < -0.3 is 14.8 Å². The topological polar surface area (TPSA) is 105 Å². The average molecular weight is 484 g/mol. The van der Waals surface area contributed by atoms with Gasteiger partial charge in [-0.25, -0.2) is 0 Å². The van der Waals surface area contributed by atoms with Crippen molar-refractivity contribution >= 4 is 11.9 Å². The van der Waals surface area contributed by atoms with Gasteiger partial charge in [-0.05, 0) is 55.5 Å². The van der Waals surface area contributed by atoms with Gasteiger partial charge in [0.25, 0.3) is 5.91 Å². The van der Waals surface area contributed by atoms with Crippen molar-refractivity contribution in [2.45, 2.75) is 45.6 Å². The van der Waals surface area contributed by atoms with Crippen LogP contribution in [0.25, 0.3) is 11.1 Å². The zero-order chi connectivity index (χ0) is 25.5. The highest BCUT2D eigenvalue weighted by Crippen LogP contribution is 2.22. The van der Waals surface area contributed by atoms with E-state index >= 15 is 0 Å². The molecule has 0 radical (unpaired) electrons. The van der Waals surface area contributed by atoms with Crippen molar-refractivity contribution < 1.29 is 19.1 Å². The van der Waals surface area contributed by atoms with Crippen LogP contribution in [0.5, 0.6) is 0 Å². The lowest BCUT2D eigenvalue weighted by molar-refractivity contribution is -0.137. The molecule has 0 saturated heterocycles. The summed E-state index contributed by atoms with van der Waals surface area (Å²) in [5, 5.41) is 20.3. The zero-order valence-corrected chi connectivity index (χ0v) is 20.4. The Labute approximate surface area is 210 Å². The Morgan fingerprint density at radius 3 is 2.22 bits per heavy atom. The minimum Gasteiger partial charge on any atom is -0.481 e. The number of carbonyl (C=O) groups is 2. The number of benzene rings is 3. The zero-order valence-electron chi connectivity index (χ0n) is 20.4. The number of carboxylic acid groups (broad SMARTS) is 1. The third-order valence-corrected chi connectivity index (χ3v) is 5.90. The van der Waals surface area contributed by atoms with E-state index in [2.05, 4.69) is 47.6 Å². The summed E-state index contributed by atoms with van der Waals surface area (Å²) in [5.74, 6) is -0.636. The lowest BCUT2D eigenvalue weighted by Crippen LogP contribution is -2.29. The Bertz CT molecular complexity index is 1310. The molecule has 0 fully saturated rings. The number of carboxylic acids is 1. The van der Waals surface area contributed by atoms with Crippen LogP contribution in [0.15, 0.2) is 77.2 Å². The van der Waals surface area contributed by atoms with E-state index < -0.39 is 12.0 Å². The second-order valence-electron chi connectivity index (χ2n) is 8.93. The van der Waals surface area contributed by atoms with E-state index in [4.69, 9.17) is 4.42 Å². The van der Waals surface area contributed by atoms with Crippen molar-refractivity contribution in [3.63, 3.8) is 0 Å². The van der Waals surface area contributed by atoms with Gasteiger partial charge in [-0.3, -0.25) is 9.59 Å². The number of carbonyl (C=O) groups excluding carboxylic acids is 1. The average Bonchev–Trinajstić information content (AvgIpc) is 3.34. The van der Waals surface area contributed by atoms with Crippen molar-refractivity contribution in [1.29, 1.82) is 0 Å². The monoisotopic (exact) mass is 483 g/mol. The van der Waals surface area contributed by atoms with E-state index in [1.54, 1.807) is 12.1 Å². The number of hydrogen-bond donors (Lipinski definition) is 2. The maximum Gasteiger partial charge on any atom is 0.303 e. The smallest absolute Gasteiger partial charge is 0.303 e. The summed E-state index contributed by atoms with van der Waals surface area (Å²) in [4.78, 5) is 24.2. The molecule has 0 aliphatic heterocycles. The van der Waals surface area contributed by atoms with Gasteiger partial charge in [0.15, 0.2) is 0 Å². The van der Waals surface area contributed by atoms with E-state index in [1.807, 2.05) is 42.5 Å². The lowest BCUT2D eigenvalue weighted by Gasteiger charge is -2.14. The number of aliphatic carboxylic acids is 1. The molecule has 0 spiro atoms. The molecule has 4 aromatic rings. The van der Waals surface area contributed by atoms with Gasteiger partial charge in [-0.1, -0.05) is 71.8 Å². The molecule has 4 rings (SSSR count). The largest absolute Gasteiger partial charge is 0.481 e. The predicted octanol–water partition coefficient (Wildman–Crippen LogP) is 5.47. The fourth-order valence-corrected chi connectivity index (χ4v) is 4.18. The normalized spacial score (nSPS) is 11.7. The van der Waals surface area contributed by atoms with Crippen LogP contribution in [0.4, 0.5) is 0 Å². The van der Waals surface area contributed by atoms with Crippen LogP contribution in [-0.2, 0) is 17.6 Å². The first-order chi connectivity index (χ1) is 17.4. The molecule has 7 heteroatoms. The molecule has 1 heterocycles. The van der Waals surface area contributed by atoms with Gasteiger partial charge >= 0.3 is 5.97 Å². The van der Waals surface area contributed by atoms with Gasteiger partial charge in [0.05, 0.1) is 0 Å². The number of hydrogen-bond acceptors (Lipinski definition) is 5. The summed E-state index contributed by atoms with van der Waals surface area (Å²) in [6.45, 7) is 4.12. The summed E-state index contributed by atoms with van der Waals surface area (Å²) in [6, 6.07) is 22.8. The van der Waals surface area contributed by atoms with Crippen molar-refractivity contribution in [1.82, 2.24) is 15.5 Å². The van der Waals surface area contributed by atoms with Crippen molar-refractivity contribution in [2.24, 2.45) is 0 Å². The van der Waals surface area contributed by atoms with Gasteiger partial charge in [-0.2, -0.15) is 0 Å². The van der Waals surface area contributed by atoms with Crippen LogP contribution in [0.1, 0.15) is 57.7 Å². The molecule has 0 aliphatic carbocycles. The second-order valence-corrected chi connectivity index (χ2v) is 8.93. The fraction of sp³-hybridized carbons (Fsp3) is 0.241. The van der Waals surface area contributed by atoms with Crippen molar-refractivity contribution in [2.75, 3.05) is 0 Å². The number of aromatic nitrogens is 2. The van der Waals surface area contributed by atoms with E-state index in [0.717, 1.165) is 17.5 Å². The molecule has 184 valence electrons. The van der Waals surface area contributed by atoms with E-state index in [1.165, 1.54) is 16.7 Å². The summed E-state index contributed by atoms with van der Waals surface area (Å²) >= 11 is 0. The minimum absolute atomic E-state index is 0.141. The summed E-state index contributed by atoms with van der Waals surface area (Å²) in [7, 11) is 0. The molecular formula is C29H29N3O4.